The lowest BCUT2D eigenvalue weighted by Crippen LogP contribution is -2.50. The second-order valence-corrected chi connectivity index (χ2v) is 12.7. The summed E-state index contributed by atoms with van der Waals surface area (Å²) in [6, 6.07) is 18.6. The van der Waals surface area contributed by atoms with Crippen LogP contribution in [0.5, 0.6) is 0 Å². The summed E-state index contributed by atoms with van der Waals surface area (Å²) in [6.07, 6.45) is 0.251. The maximum Gasteiger partial charge on any atom is 0.269 e. The molecule has 0 bridgehead atoms. The monoisotopic (exact) mass is 546 g/mol. The average molecular weight is 547 g/mol. The molecule has 3 atom stereocenters. The van der Waals surface area contributed by atoms with Gasteiger partial charge in [-0.25, -0.2) is 19.1 Å². The average Bonchev–Trinajstić information content (AvgIpc) is 3.24. The number of nitro benzene ring substituents is 1. The van der Waals surface area contributed by atoms with E-state index < -0.39 is 12.3 Å². The molecular formula is C27H31N8O3P. The van der Waals surface area contributed by atoms with Gasteiger partial charge in [0, 0.05) is 37.8 Å². The van der Waals surface area contributed by atoms with Gasteiger partial charge in [0.15, 0.2) is 13.2 Å². The Morgan fingerprint density at radius 2 is 1.82 bits per heavy atom. The number of ether oxygens (including phenoxy) is 1. The first-order valence-corrected chi connectivity index (χ1v) is 14.5. The number of aromatic nitrogens is 2. The number of nitrogens with zero attached hydrogens (tertiary/aromatic N) is 8. The second-order valence-electron chi connectivity index (χ2n) is 9.78. The Morgan fingerprint density at radius 1 is 1.15 bits per heavy atom. The van der Waals surface area contributed by atoms with Crippen molar-refractivity contribution in [2.75, 3.05) is 20.1 Å². The molecule has 0 saturated carbocycles. The van der Waals surface area contributed by atoms with Gasteiger partial charge in [0.2, 0.25) is 0 Å². The Hall–Kier alpha value is -3.84. The zero-order valence-corrected chi connectivity index (χ0v) is 23.3. The number of amidine groups is 1. The smallest absolute Gasteiger partial charge is 0.269 e. The first kappa shape index (κ1) is 26.8. The minimum atomic E-state index is -2.81. The molecule has 3 heterocycles. The number of aryl methyl sites for hydroxylation is 2. The Labute approximate surface area is 227 Å². The highest BCUT2D eigenvalue weighted by atomic mass is 31.2. The molecule has 0 radical (unpaired) electrons. The third-order valence-electron chi connectivity index (χ3n) is 6.88. The fraction of sp³-hybridized carbons (Fsp3) is 0.370. The van der Waals surface area contributed by atoms with Gasteiger partial charge >= 0.3 is 0 Å². The number of fused-ring (bicyclic) bond motifs is 1. The topological polar surface area (TPSA) is 125 Å². The van der Waals surface area contributed by atoms with Gasteiger partial charge in [-0.1, -0.05) is 30.3 Å². The molecule has 2 aromatic carbocycles. The first-order valence-electron chi connectivity index (χ1n) is 12.9. The summed E-state index contributed by atoms with van der Waals surface area (Å²) in [5, 5.41) is 26.4. The normalized spacial score (nSPS) is 23.1. The summed E-state index contributed by atoms with van der Waals surface area (Å²) in [5.41, 5.74) is 2.39. The van der Waals surface area contributed by atoms with Crippen LogP contribution in [0, 0.1) is 28.4 Å². The molecule has 1 fully saturated rings. The van der Waals surface area contributed by atoms with E-state index in [1.807, 2.05) is 49.0 Å². The molecule has 0 aliphatic carbocycles. The van der Waals surface area contributed by atoms with E-state index >= 15 is 0 Å². The van der Waals surface area contributed by atoms with E-state index in [2.05, 4.69) is 29.3 Å². The van der Waals surface area contributed by atoms with Crippen molar-refractivity contribution in [2.24, 2.45) is 9.74 Å². The van der Waals surface area contributed by atoms with Crippen molar-refractivity contribution >= 4 is 35.7 Å². The molecule has 12 heteroatoms. The largest absolute Gasteiger partial charge is 0.373 e. The molecule has 202 valence electrons. The molecule has 3 aromatic rings. The predicted molar refractivity (Wildman–Crippen MR) is 151 cm³/mol. The summed E-state index contributed by atoms with van der Waals surface area (Å²) in [7, 11) is -0.786. The molecular weight excluding hydrogens is 515 g/mol. The van der Waals surface area contributed by atoms with Crippen molar-refractivity contribution in [1.82, 2.24) is 19.1 Å². The number of aliphatic imine (C=N–C) groups is 1. The van der Waals surface area contributed by atoms with Crippen LogP contribution in [0.2, 0.25) is 0 Å². The molecule has 0 spiro atoms. The summed E-state index contributed by atoms with van der Waals surface area (Å²) in [6.45, 7) is 7.78. The zero-order chi connectivity index (χ0) is 27.7. The van der Waals surface area contributed by atoms with E-state index in [1.165, 1.54) is 12.1 Å². The van der Waals surface area contributed by atoms with Gasteiger partial charge in [0.05, 0.1) is 52.9 Å². The molecule has 2 aliphatic rings. The molecule has 0 amide bonds. The van der Waals surface area contributed by atoms with Crippen molar-refractivity contribution in [3.8, 4) is 6.07 Å². The Balaban J connectivity index is 1.83. The van der Waals surface area contributed by atoms with Crippen LogP contribution in [-0.2, 0) is 11.3 Å². The Morgan fingerprint density at radius 3 is 2.44 bits per heavy atom. The van der Waals surface area contributed by atoms with Gasteiger partial charge in [0.1, 0.15) is 5.84 Å². The van der Waals surface area contributed by atoms with Crippen LogP contribution in [0.3, 0.4) is 0 Å². The quantitative estimate of drug-likeness (QED) is 0.238. The minimum absolute atomic E-state index is 0.0136. The van der Waals surface area contributed by atoms with Crippen molar-refractivity contribution in [2.45, 2.75) is 45.9 Å². The third-order valence-corrected chi connectivity index (χ3v) is 10.7. The van der Waals surface area contributed by atoms with Crippen molar-refractivity contribution in [3.63, 3.8) is 0 Å². The Kier molecular flexibility index (Phi) is 7.36. The predicted octanol–water partition coefficient (Wildman–Crippen LogP) is 5.13. The molecule has 11 nitrogen and oxygen atoms in total. The van der Waals surface area contributed by atoms with Crippen LogP contribution in [-0.4, -0.2) is 62.2 Å². The third kappa shape index (κ3) is 4.87. The van der Waals surface area contributed by atoms with E-state index in [0.29, 0.717) is 37.6 Å². The van der Waals surface area contributed by atoms with Crippen LogP contribution in [0.1, 0.15) is 31.5 Å². The lowest BCUT2D eigenvalue weighted by molar-refractivity contribution is -0.384. The summed E-state index contributed by atoms with van der Waals surface area (Å²) in [5.74, 6) is 1.46. The van der Waals surface area contributed by atoms with E-state index in [9.17, 15) is 15.4 Å². The lowest BCUT2D eigenvalue weighted by atomic mass is 10.2. The zero-order valence-electron chi connectivity index (χ0n) is 22.4. The lowest BCUT2D eigenvalue weighted by Gasteiger charge is -2.48. The van der Waals surface area contributed by atoms with Crippen molar-refractivity contribution in [3.05, 3.63) is 76.0 Å². The van der Waals surface area contributed by atoms with Crippen LogP contribution < -0.4 is 5.30 Å². The maximum atomic E-state index is 11.3. The number of nitro groups is 1. The van der Waals surface area contributed by atoms with Crippen LogP contribution in [0.25, 0.3) is 0 Å². The van der Waals surface area contributed by atoms with Gasteiger partial charge in [-0.3, -0.25) is 10.1 Å². The van der Waals surface area contributed by atoms with E-state index in [4.69, 9.17) is 19.6 Å². The number of hydrogen-bond acceptors (Lipinski definition) is 7. The number of nitriles is 1. The Bertz CT molecular complexity index is 1500. The van der Waals surface area contributed by atoms with Gasteiger partial charge in [0.25, 0.3) is 5.69 Å². The first-order chi connectivity index (χ1) is 18.7. The summed E-state index contributed by atoms with van der Waals surface area (Å²) >= 11 is 0. The van der Waals surface area contributed by atoms with E-state index in [1.54, 1.807) is 12.1 Å². The minimum Gasteiger partial charge on any atom is -0.373 e. The molecule has 1 saturated heterocycles. The van der Waals surface area contributed by atoms with Gasteiger partial charge in [-0.05, 0) is 32.9 Å². The molecule has 5 rings (SSSR count). The highest BCUT2D eigenvalue weighted by molar-refractivity contribution is 7.70. The summed E-state index contributed by atoms with van der Waals surface area (Å²) < 4.78 is 18.0. The number of rotatable bonds is 6. The highest BCUT2D eigenvalue weighted by Crippen LogP contribution is 2.62. The SMILES string of the molecule is Cc1nn(CCC#N)c2c1P(=Nc1ccc([N+](=O)[O-])cc1)(N1CC(C)OC(C)C1)N(C)C(c1ccccc1)=N2. The van der Waals surface area contributed by atoms with E-state index in [-0.39, 0.29) is 17.9 Å². The summed E-state index contributed by atoms with van der Waals surface area (Å²) in [4.78, 5) is 16.1. The van der Waals surface area contributed by atoms with Crippen LogP contribution in [0.4, 0.5) is 17.2 Å². The molecule has 39 heavy (non-hydrogen) atoms. The number of non-ortho nitro benzene ring substituents is 1. The second kappa shape index (κ2) is 10.7. The van der Waals surface area contributed by atoms with E-state index in [0.717, 1.165) is 22.4 Å². The molecule has 2 aliphatic heterocycles. The number of benzene rings is 2. The van der Waals surface area contributed by atoms with Gasteiger partial charge in [-0.2, -0.15) is 10.4 Å². The van der Waals surface area contributed by atoms with Crippen molar-refractivity contribution < 1.29 is 9.66 Å². The number of morpholine rings is 1. The van der Waals surface area contributed by atoms with Gasteiger partial charge in [-0.15, -0.1) is 0 Å². The molecule has 0 N–H and O–H groups in total. The van der Waals surface area contributed by atoms with Crippen molar-refractivity contribution in [1.29, 1.82) is 5.26 Å². The number of hydrogen-bond donors (Lipinski definition) is 0. The van der Waals surface area contributed by atoms with Crippen LogP contribution in [0.15, 0.2) is 64.3 Å². The fourth-order valence-corrected chi connectivity index (χ4v) is 9.35. The maximum absolute atomic E-state index is 11.3. The fourth-order valence-electron chi connectivity index (χ4n) is 5.32. The highest BCUT2D eigenvalue weighted by Gasteiger charge is 2.46. The molecule has 3 unspecified atom stereocenters. The molecule has 1 aromatic heterocycles. The van der Waals surface area contributed by atoms with Gasteiger partial charge < -0.3 is 9.41 Å². The van der Waals surface area contributed by atoms with Crippen LogP contribution >= 0.6 is 7.36 Å². The standard InChI is InChI=1S/C27H31N8O3P/c1-19-17-33(18-20(2)38-19)39(31-23-11-13-24(14-12-23)35(36)37)25-21(3)30-34(16-8-15-28)27(25)29-26(32(39)4)22-9-6-5-7-10-22/h5-7,9-14,19-20H,8,16-18H2,1-4H3.